The number of fused-ring (bicyclic) bond motifs is 2. The van der Waals surface area contributed by atoms with Crippen molar-refractivity contribution in [2.45, 2.75) is 13.3 Å². The van der Waals surface area contributed by atoms with Crippen LogP contribution in [0.5, 0.6) is 0 Å². The van der Waals surface area contributed by atoms with Crippen LogP contribution < -0.4 is 0 Å². The standard InChI is InChI=1S/C21H17ClN2O4/c1-2-28-21(27)18-13(16-11-12(22)7-8-17(16)23-18)9-10-24-19(25)14-5-3-4-6-15(14)20(24)26/h3-8,11,23H,2,9-10H2,1H3. The molecule has 0 bridgehead atoms. The number of nitrogens with zero attached hydrogens (tertiary/aromatic N) is 1. The van der Waals surface area contributed by atoms with Crippen LogP contribution in [0.2, 0.25) is 5.02 Å². The normalized spacial score (nSPS) is 13.3. The van der Waals surface area contributed by atoms with Crippen molar-refractivity contribution in [3.63, 3.8) is 0 Å². The van der Waals surface area contributed by atoms with E-state index in [0.29, 0.717) is 33.8 Å². The molecular formula is C21H17ClN2O4. The SMILES string of the molecule is CCOC(=O)c1[nH]c2ccc(Cl)cc2c1CCN1C(=O)c2ccccc2C1=O. The lowest BCUT2D eigenvalue weighted by molar-refractivity contribution is 0.0519. The highest BCUT2D eigenvalue weighted by molar-refractivity contribution is 6.31. The third-order valence-electron chi connectivity index (χ3n) is 4.81. The number of hydrogen-bond donors (Lipinski definition) is 1. The Bertz CT molecular complexity index is 1080. The van der Waals surface area contributed by atoms with Gasteiger partial charge < -0.3 is 9.72 Å². The number of benzene rings is 2. The minimum atomic E-state index is -0.479. The first-order valence-corrected chi connectivity index (χ1v) is 9.31. The lowest BCUT2D eigenvalue weighted by Crippen LogP contribution is -2.32. The summed E-state index contributed by atoms with van der Waals surface area (Å²) in [6, 6.07) is 12.0. The van der Waals surface area contributed by atoms with E-state index >= 15 is 0 Å². The van der Waals surface area contributed by atoms with Crippen LogP contribution in [-0.4, -0.2) is 40.8 Å². The highest BCUT2D eigenvalue weighted by Crippen LogP contribution is 2.28. The van der Waals surface area contributed by atoms with Crippen molar-refractivity contribution >= 4 is 40.3 Å². The van der Waals surface area contributed by atoms with Crippen molar-refractivity contribution in [2.24, 2.45) is 0 Å². The number of amides is 2. The van der Waals surface area contributed by atoms with Gasteiger partial charge in [0, 0.05) is 22.5 Å². The van der Waals surface area contributed by atoms with Gasteiger partial charge in [0.15, 0.2) is 0 Å². The van der Waals surface area contributed by atoms with Gasteiger partial charge in [-0.2, -0.15) is 0 Å². The maximum atomic E-state index is 12.6. The van der Waals surface area contributed by atoms with E-state index in [0.717, 1.165) is 10.9 Å². The molecule has 0 unspecified atom stereocenters. The average molecular weight is 397 g/mol. The molecule has 7 heteroatoms. The Morgan fingerprint density at radius 1 is 1.11 bits per heavy atom. The van der Waals surface area contributed by atoms with E-state index < -0.39 is 5.97 Å². The van der Waals surface area contributed by atoms with E-state index in [4.69, 9.17) is 16.3 Å². The highest BCUT2D eigenvalue weighted by Gasteiger charge is 2.35. The van der Waals surface area contributed by atoms with Crippen LogP contribution in [0.15, 0.2) is 42.5 Å². The Balaban J connectivity index is 1.67. The fourth-order valence-corrected chi connectivity index (χ4v) is 3.70. The molecule has 1 N–H and O–H groups in total. The van der Waals surface area contributed by atoms with Crippen molar-refractivity contribution in [2.75, 3.05) is 13.2 Å². The molecule has 0 fully saturated rings. The monoisotopic (exact) mass is 396 g/mol. The summed E-state index contributed by atoms with van der Waals surface area (Å²) >= 11 is 6.13. The van der Waals surface area contributed by atoms with Gasteiger partial charge in [-0.05, 0) is 49.2 Å². The van der Waals surface area contributed by atoms with Crippen LogP contribution in [0.1, 0.15) is 43.7 Å². The van der Waals surface area contributed by atoms with Crippen molar-refractivity contribution in [1.82, 2.24) is 9.88 Å². The van der Waals surface area contributed by atoms with Crippen molar-refractivity contribution in [1.29, 1.82) is 0 Å². The number of halogens is 1. The molecule has 142 valence electrons. The number of esters is 1. The summed E-state index contributed by atoms with van der Waals surface area (Å²) in [5.41, 5.74) is 2.54. The number of H-pyrrole nitrogens is 1. The van der Waals surface area contributed by atoms with Crippen LogP contribution in [-0.2, 0) is 11.2 Å². The molecule has 1 aliphatic rings. The highest BCUT2D eigenvalue weighted by atomic mass is 35.5. The Morgan fingerprint density at radius 3 is 2.43 bits per heavy atom. The Labute approximate surface area is 166 Å². The predicted octanol–water partition coefficient (Wildman–Crippen LogP) is 3.84. The van der Waals surface area contributed by atoms with Gasteiger partial charge in [0.1, 0.15) is 5.69 Å². The summed E-state index contributed by atoms with van der Waals surface area (Å²) in [4.78, 5) is 41.9. The molecule has 4 rings (SSSR count). The zero-order chi connectivity index (χ0) is 19.8. The molecule has 3 aromatic rings. The topological polar surface area (TPSA) is 79.5 Å². The van der Waals surface area contributed by atoms with E-state index in [2.05, 4.69) is 4.98 Å². The maximum Gasteiger partial charge on any atom is 0.355 e. The molecule has 2 amide bonds. The molecule has 0 spiro atoms. The lowest BCUT2D eigenvalue weighted by Gasteiger charge is -2.14. The molecule has 1 aliphatic heterocycles. The van der Waals surface area contributed by atoms with Gasteiger partial charge in [-0.25, -0.2) is 4.79 Å². The quantitative estimate of drug-likeness (QED) is 0.525. The first-order valence-electron chi connectivity index (χ1n) is 8.93. The Morgan fingerprint density at radius 2 is 1.79 bits per heavy atom. The molecule has 0 saturated carbocycles. The molecule has 0 saturated heterocycles. The first kappa shape index (κ1) is 18.3. The summed E-state index contributed by atoms with van der Waals surface area (Å²) in [5.74, 6) is -1.13. The van der Waals surface area contributed by atoms with Crippen molar-refractivity contribution < 1.29 is 19.1 Å². The molecule has 0 radical (unpaired) electrons. The average Bonchev–Trinajstić information content (AvgIpc) is 3.16. The number of imide groups is 1. The smallest absolute Gasteiger partial charge is 0.355 e. The summed E-state index contributed by atoms with van der Waals surface area (Å²) < 4.78 is 5.14. The molecule has 0 aliphatic carbocycles. The zero-order valence-electron chi connectivity index (χ0n) is 15.1. The van der Waals surface area contributed by atoms with Crippen molar-refractivity contribution in [3.05, 3.63) is 69.9 Å². The van der Waals surface area contributed by atoms with Gasteiger partial charge in [0.25, 0.3) is 11.8 Å². The second-order valence-electron chi connectivity index (χ2n) is 6.45. The number of ether oxygens (including phenoxy) is 1. The molecular weight excluding hydrogens is 380 g/mol. The molecule has 0 atom stereocenters. The minimum absolute atomic E-state index is 0.151. The fourth-order valence-electron chi connectivity index (χ4n) is 3.52. The lowest BCUT2D eigenvalue weighted by atomic mass is 10.1. The van der Waals surface area contributed by atoms with E-state index in [1.54, 1.807) is 49.4 Å². The minimum Gasteiger partial charge on any atom is -0.461 e. The van der Waals surface area contributed by atoms with E-state index in [1.165, 1.54) is 4.90 Å². The van der Waals surface area contributed by atoms with Gasteiger partial charge in [0.05, 0.1) is 17.7 Å². The number of aromatic amines is 1. The van der Waals surface area contributed by atoms with Gasteiger partial charge in [-0.15, -0.1) is 0 Å². The third kappa shape index (κ3) is 2.96. The summed E-state index contributed by atoms with van der Waals surface area (Å²) in [6.07, 6.45) is 0.306. The maximum absolute atomic E-state index is 12.6. The Kier molecular flexibility index (Phi) is 4.65. The fraction of sp³-hybridized carbons (Fsp3) is 0.190. The number of aromatic nitrogens is 1. The second-order valence-corrected chi connectivity index (χ2v) is 6.88. The molecule has 28 heavy (non-hydrogen) atoms. The largest absolute Gasteiger partial charge is 0.461 e. The van der Waals surface area contributed by atoms with Crippen LogP contribution in [0.4, 0.5) is 0 Å². The molecule has 1 aromatic heterocycles. The summed E-state index contributed by atoms with van der Waals surface area (Å²) in [7, 11) is 0. The molecule has 6 nitrogen and oxygen atoms in total. The molecule has 2 heterocycles. The van der Waals surface area contributed by atoms with Crippen molar-refractivity contribution in [3.8, 4) is 0 Å². The number of rotatable bonds is 5. The van der Waals surface area contributed by atoms with Crippen LogP contribution in [0, 0.1) is 0 Å². The number of carbonyl (C=O) groups is 3. The zero-order valence-corrected chi connectivity index (χ0v) is 15.9. The van der Waals surface area contributed by atoms with Gasteiger partial charge in [-0.1, -0.05) is 23.7 Å². The van der Waals surface area contributed by atoms with Crippen LogP contribution in [0.3, 0.4) is 0 Å². The van der Waals surface area contributed by atoms with Gasteiger partial charge in [0.2, 0.25) is 0 Å². The van der Waals surface area contributed by atoms with E-state index in [9.17, 15) is 14.4 Å². The van der Waals surface area contributed by atoms with Crippen LogP contribution >= 0.6 is 11.6 Å². The Hall–Kier alpha value is -3.12. The third-order valence-corrected chi connectivity index (χ3v) is 5.05. The second kappa shape index (κ2) is 7.13. The molecule has 2 aromatic carbocycles. The van der Waals surface area contributed by atoms with E-state index in [-0.39, 0.29) is 25.0 Å². The van der Waals surface area contributed by atoms with Gasteiger partial charge >= 0.3 is 5.97 Å². The van der Waals surface area contributed by atoms with Gasteiger partial charge in [-0.3, -0.25) is 14.5 Å². The summed E-state index contributed by atoms with van der Waals surface area (Å²) in [6.45, 7) is 2.13. The number of carbonyl (C=O) groups excluding carboxylic acids is 3. The van der Waals surface area contributed by atoms with Crippen LogP contribution in [0.25, 0.3) is 10.9 Å². The number of nitrogens with one attached hydrogen (secondary N) is 1. The number of hydrogen-bond acceptors (Lipinski definition) is 4. The van der Waals surface area contributed by atoms with E-state index in [1.807, 2.05) is 0 Å². The summed E-state index contributed by atoms with van der Waals surface area (Å²) in [5, 5.41) is 1.30. The predicted molar refractivity (Wildman–Crippen MR) is 105 cm³/mol. The first-order chi connectivity index (χ1) is 13.5.